The fourth-order valence-electron chi connectivity index (χ4n) is 1.78. The van der Waals surface area contributed by atoms with Crippen LogP contribution in [0.5, 0.6) is 0 Å². The fourth-order valence-corrected chi connectivity index (χ4v) is 1.78. The molecule has 0 spiro atoms. The average Bonchev–Trinajstić information content (AvgIpc) is 2.69. The van der Waals surface area contributed by atoms with Gasteiger partial charge in [0.25, 0.3) is 5.91 Å². The van der Waals surface area contributed by atoms with Gasteiger partial charge in [0.1, 0.15) is 17.7 Å². The molecule has 0 aliphatic carbocycles. The first-order valence-electron chi connectivity index (χ1n) is 5.78. The first kappa shape index (κ1) is 13.0. The first-order chi connectivity index (χ1) is 8.99. The largest absolute Gasteiger partial charge is 0.361 e. The van der Waals surface area contributed by atoms with Gasteiger partial charge >= 0.3 is 0 Å². The van der Waals surface area contributed by atoms with E-state index in [0.717, 1.165) is 5.69 Å². The second kappa shape index (κ2) is 5.05. The third-order valence-corrected chi connectivity index (χ3v) is 2.60. The summed E-state index contributed by atoms with van der Waals surface area (Å²) in [6.45, 7) is 1.84. The minimum absolute atomic E-state index is 0.235. The van der Waals surface area contributed by atoms with Gasteiger partial charge in [0, 0.05) is 21.1 Å². The van der Waals surface area contributed by atoms with Gasteiger partial charge in [-0.3, -0.25) is 9.48 Å². The van der Waals surface area contributed by atoms with Crippen LogP contribution in [0.25, 0.3) is 0 Å². The second-order valence-corrected chi connectivity index (χ2v) is 4.40. The van der Waals surface area contributed by atoms with Crippen molar-refractivity contribution in [2.45, 2.75) is 6.92 Å². The molecule has 0 bridgehead atoms. The predicted octanol–water partition coefficient (Wildman–Crippen LogP) is 0.837. The van der Waals surface area contributed by atoms with E-state index in [9.17, 15) is 4.79 Å². The normalized spacial score (nSPS) is 10.3. The van der Waals surface area contributed by atoms with Crippen molar-refractivity contribution in [3.63, 3.8) is 0 Å². The van der Waals surface area contributed by atoms with E-state index in [-0.39, 0.29) is 5.91 Å². The van der Waals surface area contributed by atoms with Crippen LogP contribution in [0.15, 0.2) is 18.6 Å². The SMILES string of the molecule is Cc1cc(C(=O)Nc2cncnc2N(C)C)n(C)n1. The molecule has 1 N–H and O–H groups in total. The lowest BCUT2D eigenvalue weighted by molar-refractivity contribution is 0.101. The van der Waals surface area contributed by atoms with Crippen molar-refractivity contribution in [1.82, 2.24) is 19.7 Å². The molecule has 0 aliphatic heterocycles. The Balaban J connectivity index is 2.27. The summed E-state index contributed by atoms with van der Waals surface area (Å²) in [5.41, 5.74) is 1.85. The van der Waals surface area contributed by atoms with Crippen LogP contribution in [0.2, 0.25) is 0 Å². The van der Waals surface area contributed by atoms with Crippen LogP contribution in [0.3, 0.4) is 0 Å². The quantitative estimate of drug-likeness (QED) is 0.885. The zero-order valence-corrected chi connectivity index (χ0v) is 11.4. The van der Waals surface area contributed by atoms with E-state index < -0.39 is 0 Å². The number of rotatable bonds is 3. The van der Waals surface area contributed by atoms with Crippen molar-refractivity contribution in [2.24, 2.45) is 7.05 Å². The zero-order valence-electron chi connectivity index (χ0n) is 11.4. The number of aromatic nitrogens is 4. The zero-order chi connectivity index (χ0) is 14.0. The number of anilines is 2. The van der Waals surface area contributed by atoms with Crippen LogP contribution >= 0.6 is 0 Å². The molecule has 2 rings (SSSR count). The highest BCUT2D eigenvalue weighted by Gasteiger charge is 2.15. The lowest BCUT2D eigenvalue weighted by Crippen LogP contribution is -2.20. The Kier molecular flexibility index (Phi) is 3.46. The van der Waals surface area contributed by atoms with E-state index in [1.54, 1.807) is 24.0 Å². The van der Waals surface area contributed by atoms with E-state index in [0.29, 0.717) is 17.2 Å². The Labute approximate surface area is 111 Å². The Bertz CT molecular complexity index is 604. The van der Waals surface area contributed by atoms with E-state index in [2.05, 4.69) is 20.4 Å². The fraction of sp³-hybridized carbons (Fsp3) is 0.333. The topological polar surface area (TPSA) is 75.9 Å². The van der Waals surface area contributed by atoms with Crippen molar-refractivity contribution in [3.05, 3.63) is 30.0 Å². The summed E-state index contributed by atoms with van der Waals surface area (Å²) in [7, 11) is 5.44. The maximum Gasteiger partial charge on any atom is 0.274 e. The minimum Gasteiger partial charge on any atom is -0.361 e. The van der Waals surface area contributed by atoms with Crippen LogP contribution in [0, 0.1) is 6.92 Å². The summed E-state index contributed by atoms with van der Waals surface area (Å²) < 4.78 is 1.55. The molecule has 0 unspecified atom stereocenters. The number of carbonyl (C=O) groups excluding carboxylic acids is 1. The number of amides is 1. The molecule has 2 heterocycles. The number of carbonyl (C=O) groups is 1. The number of hydrogen-bond acceptors (Lipinski definition) is 5. The lowest BCUT2D eigenvalue weighted by atomic mass is 10.3. The highest BCUT2D eigenvalue weighted by molar-refractivity contribution is 6.04. The summed E-state index contributed by atoms with van der Waals surface area (Å²) in [6, 6.07) is 1.73. The average molecular weight is 260 g/mol. The van der Waals surface area contributed by atoms with Gasteiger partial charge in [0.2, 0.25) is 0 Å². The van der Waals surface area contributed by atoms with Crippen molar-refractivity contribution in [3.8, 4) is 0 Å². The molecule has 0 fully saturated rings. The summed E-state index contributed by atoms with van der Waals surface area (Å²) in [6.07, 6.45) is 3.02. The van der Waals surface area contributed by atoms with Crippen LogP contribution in [-0.2, 0) is 7.05 Å². The van der Waals surface area contributed by atoms with E-state index in [4.69, 9.17) is 0 Å². The van der Waals surface area contributed by atoms with Crippen LogP contribution < -0.4 is 10.2 Å². The molecule has 19 heavy (non-hydrogen) atoms. The van der Waals surface area contributed by atoms with Crippen LogP contribution in [0.1, 0.15) is 16.2 Å². The highest BCUT2D eigenvalue weighted by atomic mass is 16.2. The Hall–Kier alpha value is -2.44. The molecule has 1 amide bonds. The summed E-state index contributed by atoms with van der Waals surface area (Å²) in [5, 5.41) is 6.94. The number of nitrogens with one attached hydrogen (secondary N) is 1. The van der Waals surface area contributed by atoms with E-state index in [1.807, 2.05) is 25.9 Å². The molecule has 0 atom stereocenters. The molecule has 7 heteroatoms. The molecule has 0 radical (unpaired) electrons. The number of aryl methyl sites for hydroxylation is 2. The van der Waals surface area contributed by atoms with Gasteiger partial charge < -0.3 is 10.2 Å². The first-order valence-corrected chi connectivity index (χ1v) is 5.78. The van der Waals surface area contributed by atoms with Gasteiger partial charge in [-0.05, 0) is 13.0 Å². The summed E-state index contributed by atoms with van der Waals surface area (Å²) >= 11 is 0. The third kappa shape index (κ3) is 2.70. The Morgan fingerprint density at radius 1 is 1.42 bits per heavy atom. The molecular formula is C12H16N6O. The van der Waals surface area contributed by atoms with Crippen molar-refractivity contribution in [2.75, 3.05) is 24.3 Å². The molecule has 0 saturated heterocycles. The third-order valence-electron chi connectivity index (χ3n) is 2.60. The summed E-state index contributed by atoms with van der Waals surface area (Å²) in [4.78, 5) is 22.0. The number of hydrogen-bond donors (Lipinski definition) is 1. The highest BCUT2D eigenvalue weighted by Crippen LogP contribution is 2.19. The van der Waals surface area contributed by atoms with Gasteiger partial charge in [-0.2, -0.15) is 5.10 Å². The van der Waals surface area contributed by atoms with Crippen LogP contribution in [-0.4, -0.2) is 39.8 Å². The van der Waals surface area contributed by atoms with Gasteiger partial charge in [-0.1, -0.05) is 0 Å². The van der Waals surface area contributed by atoms with Gasteiger partial charge in [0.05, 0.1) is 11.9 Å². The monoisotopic (exact) mass is 260 g/mol. The van der Waals surface area contributed by atoms with Gasteiger partial charge in [-0.25, -0.2) is 9.97 Å². The molecule has 2 aromatic rings. The van der Waals surface area contributed by atoms with Crippen molar-refractivity contribution in [1.29, 1.82) is 0 Å². The maximum atomic E-state index is 12.2. The standard InChI is InChI=1S/C12H16N6O/c1-8-5-10(18(4)16-8)12(19)15-9-6-13-7-14-11(9)17(2)3/h5-7H,1-4H3,(H,15,19). The van der Waals surface area contributed by atoms with Gasteiger partial charge in [-0.15, -0.1) is 0 Å². The van der Waals surface area contributed by atoms with Crippen molar-refractivity contribution < 1.29 is 4.79 Å². The Morgan fingerprint density at radius 3 is 2.74 bits per heavy atom. The molecular weight excluding hydrogens is 244 g/mol. The second-order valence-electron chi connectivity index (χ2n) is 4.40. The van der Waals surface area contributed by atoms with E-state index >= 15 is 0 Å². The van der Waals surface area contributed by atoms with Crippen molar-refractivity contribution >= 4 is 17.4 Å². The maximum absolute atomic E-state index is 12.2. The van der Waals surface area contributed by atoms with E-state index in [1.165, 1.54) is 6.33 Å². The predicted molar refractivity (Wildman–Crippen MR) is 72.3 cm³/mol. The minimum atomic E-state index is -0.235. The number of nitrogens with zero attached hydrogens (tertiary/aromatic N) is 5. The molecule has 2 aromatic heterocycles. The molecule has 100 valence electrons. The Morgan fingerprint density at radius 2 is 2.16 bits per heavy atom. The molecule has 0 aliphatic rings. The molecule has 0 aromatic carbocycles. The lowest BCUT2D eigenvalue weighted by Gasteiger charge is -2.15. The van der Waals surface area contributed by atoms with Gasteiger partial charge in [0.15, 0.2) is 5.82 Å². The summed E-state index contributed by atoms with van der Waals surface area (Å²) in [5.74, 6) is 0.420. The smallest absolute Gasteiger partial charge is 0.274 e. The van der Waals surface area contributed by atoms with Crippen LogP contribution in [0.4, 0.5) is 11.5 Å². The molecule has 0 saturated carbocycles. The molecule has 7 nitrogen and oxygen atoms in total.